The highest BCUT2D eigenvalue weighted by Gasteiger charge is 2.41. The number of aliphatic hydroxyl groups is 1. The van der Waals surface area contributed by atoms with Crippen molar-refractivity contribution < 1.29 is 19.0 Å². The van der Waals surface area contributed by atoms with Crippen LogP contribution in [0.25, 0.3) is 11.1 Å². The van der Waals surface area contributed by atoms with E-state index in [-0.39, 0.29) is 22.5 Å². The van der Waals surface area contributed by atoms with Crippen LogP contribution in [0.5, 0.6) is 0 Å². The summed E-state index contributed by atoms with van der Waals surface area (Å²) in [5.41, 5.74) is 5.39. The topological polar surface area (TPSA) is 108 Å². The van der Waals surface area contributed by atoms with E-state index in [0.29, 0.717) is 53.5 Å². The van der Waals surface area contributed by atoms with Gasteiger partial charge < -0.3 is 29.2 Å². The number of amides is 1. The lowest BCUT2D eigenvalue weighted by molar-refractivity contribution is -0.0660. The van der Waals surface area contributed by atoms with Crippen LogP contribution in [-0.4, -0.2) is 82.0 Å². The second-order valence-electron chi connectivity index (χ2n) is 14.5. The molecule has 0 unspecified atom stereocenters. The molecule has 11 nitrogen and oxygen atoms in total. The predicted molar refractivity (Wildman–Crippen MR) is 186 cm³/mol. The Bertz CT molecular complexity index is 1990. The van der Waals surface area contributed by atoms with Crippen molar-refractivity contribution in [1.82, 2.24) is 19.0 Å². The number of aliphatic hydroxyl groups excluding tert-OH is 1. The summed E-state index contributed by atoms with van der Waals surface area (Å²) in [7, 11) is 1.68. The molecule has 2 saturated heterocycles. The van der Waals surface area contributed by atoms with Crippen molar-refractivity contribution in [2.45, 2.75) is 45.9 Å². The summed E-state index contributed by atoms with van der Waals surface area (Å²) >= 11 is 0. The molecule has 3 aliphatic heterocycles. The summed E-state index contributed by atoms with van der Waals surface area (Å²) in [6.45, 7) is 10.2. The molecule has 0 spiro atoms. The van der Waals surface area contributed by atoms with Gasteiger partial charge in [0.2, 0.25) is 0 Å². The highest BCUT2D eigenvalue weighted by atomic mass is 19.1. The smallest absolute Gasteiger partial charge is 0.279 e. The Morgan fingerprint density at radius 1 is 1.02 bits per heavy atom. The van der Waals surface area contributed by atoms with Crippen LogP contribution in [0.3, 0.4) is 0 Å². The fourth-order valence-electron chi connectivity index (χ4n) is 7.93. The number of anilines is 4. The van der Waals surface area contributed by atoms with Gasteiger partial charge in [-0.25, -0.2) is 9.37 Å². The highest BCUT2D eigenvalue weighted by Crippen LogP contribution is 2.42. The molecule has 4 aliphatic rings. The number of ether oxygens (including phenoxy) is 1. The molecule has 1 amide bonds. The van der Waals surface area contributed by atoms with E-state index in [1.165, 1.54) is 9.47 Å². The zero-order valence-electron chi connectivity index (χ0n) is 28.2. The molecule has 256 valence electrons. The lowest BCUT2D eigenvalue weighted by Gasteiger charge is -2.43. The van der Waals surface area contributed by atoms with Gasteiger partial charge in [0.25, 0.3) is 11.5 Å². The number of pyridine rings is 2. The molecule has 0 radical (unpaired) electrons. The number of halogens is 1. The quantitative estimate of drug-likeness (QED) is 0.306. The van der Waals surface area contributed by atoms with Gasteiger partial charge in [0.05, 0.1) is 25.9 Å². The van der Waals surface area contributed by atoms with Crippen molar-refractivity contribution in [3.8, 4) is 11.1 Å². The van der Waals surface area contributed by atoms with Gasteiger partial charge in [-0.15, -0.1) is 0 Å². The monoisotopic (exact) mass is 667 g/mol. The number of hydrogen-bond donors (Lipinski definition) is 2. The summed E-state index contributed by atoms with van der Waals surface area (Å²) in [6.07, 6.45) is 4.61. The van der Waals surface area contributed by atoms with Gasteiger partial charge in [-0.05, 0) is 60.2 Å². The molecule has 1 aliphatic carbocycles. The number of nitrogens with one attached hydrogen (secondary N) is 1. The lowest BCUT2D eigenvalue weighted by atomic mass is 9.90. The number of aromatic nitrogens is 3. The molecular weight excluding hydrogens is 625 g/mol. The first kappa shape index (κ1) is 31.7. The Balaban J connectivity index is 1.04. The number of carbonyl (C=O) groups excluding carboxylic acids is 1. The van der Waals surface area contributed by atoms with Crippen molar-refractivity contribution in [1.29, 1.82) is 0 Å². The first-order valence-corrected chi connectivity index (χ1v) is 17.1. The second-order valence-corrected chi connectivity index (χ2v) is 14.5. The fraction of sp³-hybridized carbons (Fsp3) is 0.432. The molecule has 8 rings (SSSR count). The van der Waals surface area contributed by atoms with Crippen LogP contribution in [0.4, 0.5) is 27.3 Å². The Morgan fingerprint density at radius 2 is 1.78 bits per heavy atom. The maximum absolute atomic E-state index is 15.7. The van der Waals surface area contributed by atoms with Crippen LogP contribution in [0.15, 0.2) is 53.6 Å². The maximum Gasteiger partial charge on any atom is 0.279 e. The van der Waals surface area contributed by atoms with Crippen LogP contribution in [-0.2, 0) is 37.8 Å². The van der Waals surface area contributed by atoms with Crippen LogP contribution in [0.1, 0.15) is 41.2 Å². The number of rotatable bonds is 7. The van der Waals surface area contributed by atoms with Crippen molar-refractivity contribution in [3.63, 3.8) is 0 Å². The predicted octanol–water partition coefficient (Wildman–Crippen LogP) is 3.93. The number of nitrogens with zero attached hydrogens (tertiary/aromatic N) is 6. The first-order chi connectivity index (χ1) is 23.6. The molecule has 1 aromatic carbocycles. The van der Waals surface area contributed by atoms with E-state index < -0.39 is 18.3 Å². The second kappa shape index (κ2) is 12.1. The third-order valence-corrected chi connectivity index (χ3v) is 10.6. The van der Waals surface area contributed by atoms with Gasteiger partial charge >= 0.3 is 0 Å². The number of hydrogen-bond acceptors (Lipinski definition) is 8. The zero-order chi connectivity index (χ0) is 34.0. The average Bonchev–Trinajstić information content (AvgIpc) is 3.53. The average molecular weight is 668 g/mol. The third-order valence-electron chi connectivity index (χ3n) is 10.6. The van der Waals surface area contributed by atoms with Gasteiger partial charge in [-0.1, -0.05) is 13.8 Å². The Morgan fingerprint density at radius 3 is 2.47 bits per heavy atom. The molecule has 2 fully saturated rings. The highest BCUT2D eigenvalue weighted by molar-refractivity contribution is 6.06. The first-order valence-electron chi connectivity index (χ1n) is 17.1. The van der Waals surface area contributed by atoms with E-state index >= 15 is 4.39 Å². The molecule has 4 aromatic rings. The molecule has 0 atom stereocenters. The summed E-state index contributed by atoms with van der Waals surface area (Å²) < 4.78 is 24.4. The minimum Gasteiger partial charge on any atom is -0.392 e. The van der Waals surface area contributed by atoms with Crippen LogP contribution in [0.2, 0.25) is 0 Å². The minimum atomic E-state index is -0.462. The molecule has 12 heteroatoms. The molecule has 0 saturated carbocycles. The Kier molecular flexibility index (Phi) is 7.84. The molecule has 6 heterocycles. The van der Waals surface area contributed by atoms with E-state index in [9.17, 15) is 14.7 Å². The molecule has 3 aromatic heterocycles. The number of fused-ring (bicyclic) bond motifs is 3. The molecular formula is C37H42FN7O4. The lowest BCUT2D eigenvalue weighted by Crippen LogP contribution is -2.56. The van der Waals surface area contributed by atoms with Gasteiger partial charge in [0.1, 0.15) is 17.2 Å². The van der Waals surface area contributed by atoms with E-state index in [1.54, 1.807) is 31.6 Å². The standard InChI is InChI=1S/C37H42FN7O4/c1-37(2)17-28-31(18-37)44-14-15-45(36(48)33(44)32(28)38)34-29(20-46)27(8-9-39-34)23-16-30(35(47)41(3)19-23)40-24-4-6-25(7-5-24)42-10-12-43(13-11-42)26-21-49-22-26/h4-9,16,19,26,40,46H,10-15,17-18,20-22H2,1-3H3. The van der Waals surface area contributed by atoms with Gasteiger partial charge in [0, 0.05) is 92.5 Å². The largest absolute Gasteiger partial charge is 0.392 e. The number of carbonyl (C=O) groups is 1. The fourth-order valence-corrected chi connectivity index (χ4v) is 7.93. The Hall–Kier alpha value is -4.52. The normalized spacial score (nSPS) is 19.2. The van der Waals surface area contributed by atoms with E-state index in [4.69, 9.17) is 4.74 Å². The zero-order valence-corrected chi connectivity index (χ0v) is 28.2. The van der Waals surface area contributed by atoms with Gasteiger partial charge in [-0.2, -0.15) is 0 Å². The van der Waals surface area contributed by atoms with E-state index in [2.05, 4.69) is 46.1 Å². The summed E-state index contributed by atoms with van der Waals surface area (Å²) in [5.74, 6) is -0.615. The van der Waals surface area contributed by atoms with Crippen LogP contribution >= 0.6 is 0 Å². The van der Waals surface area contributed by atoms with E-state index in [1.807, 2.05) is 16.7 Å². The number of aryl methyl sites for hydroxylation is 1. The van der Waals surface area contributed by atoms with Crippen LogP contribution < -0.4 is 20.7 Å². The Labute approximate surface area is 284 Å². The molecule has 49 heavy (non-hydrogen) atoms. The van der Waals surface area contributed by atoms with Gasteiger partial charge in [0.15, 0.2) is 5.82 Å². The summed E-state index contributed by atoms with van der Waals surface area (Å²) in [5, 5.41) is 13.9. The SMILES string of the molecule is Cn1cc(-c2ccnc(N3CCn4c5c(c(F)c4C3=O)CC(C)(C)C5)c2CO)cc(Nc2ccc(N3CCN(C4COC4)CC3)cc2)c1=O. The van der Waals surface area contributed by atoms with Crippen molar-refractivity contribution in [2.75, 3.05) is 61.1 Å². The van der Waals surface area contributed by atoms with Crippen molar-refractivity contribution in [3.05, 3.63) is 87.5 Å². The van der Waals surface area contributed by atoms with Gasteiger partial charge in [-0.3, -0.25) is 19.4 Å². The summed E-state index contributed by atoms with van der Waals surface area (Å²) in [4.78, 5) is 38.0. The van der Waals surface area contributed by atoms with Crippen LogP contribution in [0, 0.1) is 11.2 Å². The molecule has 2 N–H and O–H groups in total. The summed E-state index contributed by atoms with van der Waals surface area (Å²) in [6, 6.07) is 12.2. The minimum absolute atomic E-state index is 0.0397. The third kappa shape index (κ3) is 5.51. The number of benzene rings is 1. The molecule has 0 bridgehead atoms. The van der Waals surface area contributed by atoms with E-state index in [0.717, 1.165) is 62.9 Å². The maximum atomic E-state index is 15.7. The van der Waals surface area contributed by atoms with Crippen molar-refractivity contribution >= 4 is 28.8 Å². The van der Waals surface area contributed by atoms with Crippen molar-refractivity contribution in [2.24, 2.45) is 12.5 Å². The number of piperazine rings is 1.